The number of imidazole rings is 1. The van der Waals surface area contributed by atoms with E-state index in [2.05, 4.69) is 24.1 Å². The van der Waals surface area contributed by atoms with Gasteiger partial charge in [-0.3, -0.25) is 18.5 Å². The summed E-state index contributed by atoms with van der Waals surface area (Å²) in [5, 5.41) is 4.13. The van der Waals surface area contributed by atoms with Crippen molar-refractivity contribution in [2.24, 2.45) is 18.9 Å². The van der Waals surface area contributed by atoms with Crippen LogP contribution < -0.4 is 21.5 Å². The molecule has 1 N–H and O–H groups in total. The van der Waals surface area contributed by atoms with Gasteiger partial charge in [0.15, 0.2) is 11.2 Å². The average molecular weight is 471 g/mol. The summed E-state index contributed by atoms with van der Waals surface area (Å²) in [6, 6.07) is 8.02. The van der Waals surface area contributed by atoms with Crippen molar-refractivity contribution in [2.75, 3.05) is 24.5 Å². The molecule has 2 saturated heterocycles. The summed E-state index contributed by atoms with van der Waals surface area (Å²) in [5.41, 5.74) is 1.22. The van der Waals surface area contributed by atoms with Crippen molar-refractivity contribution in [3.63, 3.8) is 0 Å². The first kappa shape index (κ1) is 22.2. The van der Waals surface area contributed by atoms with E-state index >= 15 is 0 Å². The van der Waals surface area contributed by atoms with E-state index in [1.807, 2.05) is 28.8 Å². The van der Waals surface area contributed by atoms with E-state index in [-0.39, 0.29) is 11.2 Å². The molecule has 9 heteroatoms. The lowest BCUT2D eigenvalue weighted by Gasteiger charge is -2.25. The lowest BCUT2D eigenvalue weighted by molar-refractivity contribution is 0.487. The van der Waals surface area contributed by atoms with E-state index in [0.717, 1.165) is 44.0 Å². The predicted octanol–water partition coefficient (Wildman–Crippen LogP) is 2.44. The van der Waals surface area contributed by atoms with Crippen LogP contribution in [0.3, 0.4) is 0 Å². The summed E-state index contributed by atoms with van der Waals surface area (Å²) >= 11 is 6.51. The summed E-state index contributed by atoms with van der Waals surface area (Å²) in [4.78, 5) is 34.0. The normalized spacial score (nSPS) is 20.3. The zero-order chi connectivity index (χ0) is 23.3. The molecule has 8 nitrogen and oxygen atoms in total. The SMILES string of the molecule is CC(C)CCn1c(=O)c2c(nc(N3CCC4CNCC43)n2Cc2ccccc2Cl)n(C)c1=O. The van der Waals surface area contributed by atoms with E-state index in [4.69, 9.17) is 16.6 Å². The Morgan fingerprint density at radius 1 is 1.18 bits per heavy atom. The molecule has 0 amide bonds. The van der Waals surface area contributed by atoms with Crippen molar-refractivity contribution in [1.82, 2.24) is 24.0 Å². The van der Waals surface area contributed by atoms with Gasteiger partial charge in [0, 0.05) is 44.3 Å². The van der Waals surface area contributed by atoms with Gasteiger partial charge in [-0.25, -0.2) is 4.79 Å². The van der Waals surface area contributed by atoms with Crippen LogP contribution in [-0.4, -0.2) is 44.4 Å². The minimum Gasteiger partial charge on any atom is -0.338 e. The minimum absolute atomic E-state index is 0.278. The molecular weight excluding hydrogens is 440 g/mol. The highest BCUT2D eigenvalue weighted by atomic mass is 35.5. The van der Waals surface area contributed by atoms with Gasteiger partial charge in [0.25, 0.3) is 5.56 Å². The number of aryl methyl sites for hydroxylation is 1. The standard InChI is InChI=1S/C24H31ClN6O2/c1-15(2)8-10-30-22(32)20-21(28(3)24(30)33)27-23(29-11-9-16-12-26-13-19(16)29)31(20)14-17-6-4-5-7-18(17)25/h4-7,15-16,19,26H,8-14H2,1-3H3. The largest absolute Gasteiger partial charge is 0.338 e. The van der Waals surface area contributed by atoms with Crippen molar-refractivity contribution in [3.8, 4) is 0 Å². The zero-order valence-corrected chi connectivity index (χ0v) is 20.2. The third kappa shape index (κ3) is 3.79. The number of nitrogens with zero attached hydrogens (tertiary/aromatic N) is 5. The van der Waals surface area contributed by atoms with Crippen LogP contribution in [0, 0.1) is 11.8 Å². The zero-order valence-electron chi connectivity index (χ0n) is 19.4. The molecule has 0 bridgehead atoms. The van der Waals surface area contributed by atoms with Crippen LogP contribution in [0.2, 0.25) is 5.02 Å². The van der Waals surface area contributed by atoms with Gasteiger partial charge in [-0.1, -0.05) is 43.6 Å². The molecule has 4 heterocycles. The second-order valence-corrected chi connectivity index (χ2v) is 10.1. The summed E-state index contributed by atoms with van der Waals surface area (Å²) in [6.45, 7) is 7.79. The molecule has 1 aromatic carbocycles. The fraction of sp³-hybridized carbons (Fsp3) is 0.542. The van der Waals surface area contributed by atoms with E-state index in [9.17, 15) is 9.59 Å². The Kier molecular flexibility index (Phi) is 5.82. The molecule has 176 valence electrons. The first-order chi connectivity index (χ1) is 15.9. The third-order valence-electron chi connectivity index (χ3n) is 7.13. The van der Waals surface area contributed by atoms with Crippen molar-refractivity contribution in [2.45, 2.75) is 45.8 Å². The molecule has 2 fully saturated rings. The molecule has 0 saturated carbocycles. The van der Waals surface area contributed by atoms with Gasteiger partial charge in [0.05, 0.1) is 6.54 Å². The number of fused-ring (bicyclic) bond motifs is 2. The Morgan fingerprint density at radius 2 is 1.97 bits per heavy atom. The van der Waals surface area contributed by atoms with E-state index < -0.39 is 0 Å². The maximum atomic E-state index is 13.7. The highest BCUT2D eigenvalue weighted by Gasteiger charge is 2.40. The molecule has 2 aliphatic rings. The van der Waals surface area contributed by atoms with E-state index in [1.54, 1.807) is 7.05 Å². The van der Waals surface area contributed by atoms with Gasteiger partial charge < -0.3 is 10.2 Å². The topological polar surface area (TPSA) is 77.1 Å². The fourth-order valence-electron chi connectivity index (χ4n) is 5.21. The fourth-order valence-corrected chi connectivity index (χ4v) is 5.40. The first-order valence-corrected chi connectivity index (χ1v) is 12.2. The molecule has 0 spiro atoms. The summed E-state index contributed by atoms with van der Waals surface area (Å²) in [6.07, 6.45) is 1.85. The van der Waals surface area contributed by atoms with E-state index in [1.165, 1.54) is 9.13 Å². The number of hydrogen-bond acceptors (Lipinski definition) is 5. The van der Waals surface area contributed by atoms with Crippen LogP contribution in [0.4, 0.5) is 5.95 Å². The molecule has 33 heavy (non-hydrogen) atoms. The van der Waals surface area contributed by atoms with Crippen LogP contribution in [0.15, 0.2) is 33.9 Å². The summed E-state index contributed by atoms with van der Waals surface area (Å²) in [7, 11) is 1.70. The van der Waals surface area contributed by atoms with Gasteiger partial charge in [-0.15, -0.1) is 0 Å². The third-order valence-corrected chi connectivity index (χ3v) is 7.50. The van der Waals surface area contributed by atoms with Crippen LogP contribution in [0.5, 0.6) is 0 Å². The predicted molar refractivity (Wildman–Crippen MR) is 131 cm³/mol. The van der Waals surface area contributed by atoms with Crippen molar-refractivity contribution in [3.05, 3.63) is 55.7 Å². The Hall–Kier alpha value is -2.58. The van der Waals surface area contributed by atoms with Crippen molar-refractivity contribution < 1.29 is 0 Å². The highest BCUT2D eigenvalue weighted by Crippen LogP contribution is 2.33. The second kappa shape index (κ2) is 8.65. The first-order valence-electron chi connectivity index (χ1n) is 11.8. The molecule has 0 radical (unpaired) electrons. The molecule has 2 unspecified atom stereocenters. The van der Waals surface area contributed by atoms with Crippen molar-refractivity contribution >= 4 is 28.7 Å². The minimum atomic E-state index is -0.316. The Bertz CT molecular complexity index is 1310. The molecule has 0 aliphatic carbocycles. The Morgan fingerprint density at radius 3 is 2.73 bits per heavy atom. The second-order valence-electron chi connectivity index (χ2n) is 9.71. The average Bonchev–Trinajstić information content (AvgIpc) is 3.48. The van der Waals surface area contributed by atoms with Gasteiger partial charge in [-0.05, 0) is 36.3 Å². The number of halogens is 1. The smallest absolute Gasteiger partial charge is 0.332 e. The molecular formula is C24H31ClN6O2. The molecule has 5 rings (SSSR count). The highest BCUT2D eigenvalue weighted by molar-refractivity contribution is 6.31. The van der Waals surface area contributed by atoms with Gasteiger partial charge >= 0.3 is 5.69 Å². The molecule has 2 aromatic heterocycles. The lowest BCUT2D eigenvalue weighted by Crippen LogP contribution is -2.40. The number of benzene rings is 1. The summed E-state index contributed by atoms with van der Waals surface area (Å²) < 4.78 is 4.86. The Balaban J connectivity index is 1.73. The van der Waals surface area contributed by atoms with Gasteiger partial charge in [0.2, 0.25) is 5.95 Å². The van der Waals surface area contributed by atoms with Crippen LogP contribution in [-0.2, 0) is 20.1 Å². The van der Waals surface area contributed by atoms with Gasteiger partial charge in [-0.2, -0.15) is 4.98 Å². The van der Waals surface area contributed by atoms with Crippen molar-refractivity contribution in [1.29, 1.82) is 0 Å². The number of hydrogen-bond donors (Lipinski definition) is 1. The van der Waals surface area contributed by atoms with Gasteiger partial charge in [0.1, 0.15) is 0 Å². The quantitative estimate of drug-likeness (QED) is 0.598. The maximum absolute atomic E-state index is 13.7. The number of aromatic nitrogens is 4. The monoisotopic (exact) mass is 470 g/mol. The van der Waals surface area contributed by atoms with Crippen LogP contribution in [0.1, 0.15) is 32.3 Å². The number of rotatable bonds is 6. The van der Waals surface area contributed by atoms with Crippen LogP contribution >= 0.6 is 11.6 Å². The summed E-state index contributed by atoms with van der Waals surface area (Å²) in [5.74, 6) is 1.71. The van der Waals surface area contributed by atoms with Crippen LogP contribution in [0.25, 0.3) is 11.2 Å². The Labute approximate surface area is 197 Å². The molecule has 3 aromatic rings. The number of anilines is 1. The molecule has 2 atom stereocenters. The van der Waals surface area contributed by atoms with E-state index in [0.29, 0.717) is 47.2 Å². The lowest BCUT2D eigenvalue weighted by atomic mass is 10.1. The maximum Gasteiger partial charge on any atom is 0.332 e. The number of nitrogens with one attached hydrogen (secondary N) is 1. The molecule has 2 aliphatic heterocycles.